The molecule has 0 spiro atoms. The second kappa shape index (κ2) is 8.19. The molecule has 1 aromatic heterocycles. The Labute approximate surface area is 207 Å². The third kappa shape index (κ3) is 3.99. The minimum Gasteiger partial charge on any atom is -0.351 e. The molecule has 4 aromatic rings. The van der Waals surface area contributed by atoms with Crippen LogP contribution < -0.4 is 4.90 Å². The number of benzene rings is 3. The summed E-state index contributed by atoms with van der Waals surface area (Å²) in [5, 5.41) is -2.10. The molecule has 0 bridgehead atoms. The highest BCUT2D eigenvalue weighted by Crippen LogP contribution is 2.49. The summed E-state index contributed by atoms with van der Waals surface area (Å²) in [6.45, 7) is 0.816. The summed E-state index contributed by atoms with van der Waals surface area (Å²) < 4.78 is 130. The quantitative estimate of drug-likeness (QED) is 0.107. The number of hydrogen-bond donors (Lipinski definition) is 0. The Morgan fingerprint density at radius 2 is 1.63 bits per heavy atom. The van der Waals surface area contributed by atoms with Crippen LogP contribution in [0.3, 0.4) is 0 Å². The summed E-state index contributed by atoms with van der Waals surface area (Å²) in [6, 6.07) is 6.26. The van der Waals surface area contributed by atoms with E-state index in [1.165, 1.54) is 32.2 Å². The van der Waals surface area contributed by atoms with E-state index in [0.29, 0.717) is 11.6 Å². The summed E-state index contributed by atoms with van der Waals surface area (Å²) in [5.41, 5.74) is -3.63. The van der Waals surface area contributed by atoms with Crippen molar-refractivity contribution in [3.63, 3.8) is 0 Å². The molecule has 5 rings (SSSR count). The minimum absolute atomic E-state index is 0.130. The van der Waals surface area contributed by atoms with Crippen molar-refractivity contribution < 1.29 is 49.0 Å². The maximum atomic E-state index is 14.4. The standard InChI is InChI=1S/C25H15F9N2O2/c1-10-3-6-16-13(7-10)18(23(26,27)28)15-8-14(21(37)24(29,30)31)17-11(19(15)35-16)4-5-12-20(17)36(2)9-38-22(12)25(32,33)34/h3-8,22H,9H2,1-2H3. The number of halogens is 9. The van der Waals surface area contributed by atoms with E-state index in [-0.39, 0.29) is 10.9 Å². The number of ether oxygens (including phenoxy) is 1. The van der Waals surface area contributed by atoms with Gasteiger partial charge in [-0.2, -0.15) is 39.5 Å². The zero-order valence-electron chi connectivity index (χ0n) is 19.4. The normalized spacial score (nSPS) is 16.9. The third-order valence-electron chi connectivity index (χ3n) is 6.38. The van der Waals surface area contributed by atoms with Crippen LogP contribution in [0.15, 0.2) is 36.4 Å². The SMILES string of the molecule is Cc1ccc2nc3c(cc(C(=O)C(F)(F)F)c4c5c(ccc43)C(C(F)(F)F)OCN5C)c(C(F)(F)F)c2c1. The lowest BCUT2D eigenvalue weighted by Gasteiger charge is -2.35. The van der Waals surface area contributed by atoms with Crippen molar-refractivity contribution in [3.8, 4) is 0 Å². The van der Waals surface area contributed by atoms with E-state index in [1.54, 1.807) is 0 Å². The van der Waals surface area contributed by atoms with Crippen LogP contribution in [-0.2, 0) is 10.9 Å². The van der Waals surface area contributed by atoms with Gasteiger partial charge in [0.2, 0.25) is 0 Å². The van der Waals surface area contributed by atoms with E-state index < -0.39 is 81.2 Å². The van der Waals surface area contributed by atoms with Crippen LogP contribution in [-0.4, -0.2) is 36.9 Å². The van der Waals surface area contributed by atoms with Gasteiger partial charge < -0.3 is 9.64 Å². The van der Waals surface area contributed by atoms with E-state index >= 15 is 0 Å². The first-order valence-electron chi connectivity index (χ1n) is 10.9. The number of carbonyl (C=O) groups excluding carboxylic acids is 1. The van der Waals surface area contributed by atoms with Gasteiger partial charge in [-0.1, -0.05) is 23.8 Å². The lowest BCUT2D eigenvalue weighted by molar-refractivity contribution is -0.225. The summed E-state index contributed by atoms with van der Waals surface area (Å²) in [4.78, 5) is 17.9. The molecule has 38 heavy (non-hydrogen) atoms. The molecule has 0 saturated heterocycles. The van der Waals surface area contributed by atoms with Gasteiger partial charge in [0.25, 0.3) is 5.78 Å². The molecule has 1 atom stereocenters. The number of nitrogens with zero attached hydrogens (tertiary/aromatic N) is 2. The van der Waals surface area contributed by atoms with E-state index in [0.717, 1.165) is 17.0 Å². The lowest BCUT2D eigenvalue weighted by atomic mass is 9.89. The second-order valence-electron chi connectivity index (χ2n) is 8.99. The van der Waals surface area contributed by atoms with Gasteiger partial charge in [-0.3, -0.25) is 4.79 Å². The van der Waals surface area contributed by atoms with Crippen molar-refractivity contribution in [1.29, 1.82) is 0 Å². The number of anilines is 1. The van der Waals surface area contributed by atoms with Gasteiger partial charge in [0.1, 0.15) is 6.73 Å². The van der Waals surface area contributed by atoms with Gasteiger partial charge in [-0.25, -0.2) is 4.98 Å². The molecule has 1 aliphatic heterocycles. The number of pyridine rings is 1. The average Bonchev–Trinajstić information content (AvgIpc) is 2.79. The first kappa shape index (κ1) is 26.0. The molecule has 3 aromatic carbocycles. The van der Waals surface area contributed by atoms with Crippen molar-refractivity contribution in [2.45, 2.75) is 31.6 Å². The Balaban J connectivity index is 2.05. The van der Waals surface area contributed by atoms with Crippen LogP contribution in [0, 0.1) is 6.92 Å². The molecule has 0 radical (unpaired) electrons. The molecule has 1 aliphatic rings. The number of aromatic nitrogens is 1. The Kier molecular flexibility index (Phi) is 5.61. The molecule has 0 aliphatic carbocycles. The number of fused-ring (bicyclic) bond motifs is 6. The second-order valence-corrected chi connectivity index (χ2v) is 8.99. The summed E-state index contributed by atoms with van der Waals surface area (Å²) in [5.74, 6) is -2.50. The fourth-order valence-electron chi connectivity index (χ4n) is 4.90. The third-order valence-corrected chi connectivity index (χ3v) is 6.38. The van der Waals surface area contributed by atoms with Crippen LogP contribution >= 0.6 is 0 Å². The van der Waals surface area contributed by atoms with Gasteiger partial charge in [0.05, 0.1) is 22.3 Å². The lowest BCUT2D eigenvalue weighted by Crippen LogP contribution is -2.36. The van der Waals surface area contributed by atoms with Crippen LogP contribution in [0.1, 0.15) is 33.2 Å². The molecule has 0 N–H and O–H groups in total. The molecule has 0 amide bonds. The van der Waals surface area contributed by atoms with Crippen LogP contribution in [0.5, 0.6) is 0 Å². The summed E-state index contributed by atoms with van der Waals surface area (Å²) in [6.07, 6.45) is -18.1. The zero-order valence-corrected chi connectivity index (χ0v) is 19.4. The topological polar surface area (TPSA) is 42.4 Å². The van der Waals surface area contributed by atoms with Crippen LogP contribution in [0.2, 0.25) is 0 Å². The zero-order chi connectivity index (χ0) is 27.9. The number of rotatable bonds is 1. The predicted octanol–water partition coefficient (Wildman–Crippen LogP) is 7.64. The highest BCUT2D eigenvalue weighted by molar-refractivity contribution is 6.23. The fraction of sp³-hybridized carbons (Fsp3) is 0.280. The molecule has 200 valence electrons. The number of ketones is 1. The first-order chi connectivity index (χ1) is 17.5. The van der Waals surface area contributed by atoms with Gasteiger partial charge >= 0.3 is 18.5 Å². The Hall–Kier alpha value is -3.61. The van der Waals surface area contributed by atoms with Crippen molar-refractivity contribution in [2.24, 2.45) is 0 Å². The number of Topliss-reactive ketones (excluding diaryl/α,β-unsaturated/α-hetero) is 1. The minimum atomic E-state index is -5.53. The summed E-state index contributed by atoms with van der Waals surface area (Å²) in [7, 11) is 1.23. The van der Waals surface area contributed by atoms with E-state index in [4.69, 9.17) is 4.74 Å². The molecular formula is C25H15F9N2O2. The van der Waals surface area contributed by atoms with Crippen molar-refractivity contribution in [1.82, 2.24) is 4.98 Å². The maximum Gasteiger partial charge on any atom is 0.454 e. The van der Waals surface area contributed by atoms with Gasteiger partial charge in [0.15, 0.2) is 6.10 Å². The van der Waals surface area contributed by atoms with Crippen molar-refractivity contribution in [2.75, 3.05) is 18.7 Å². The predicted molar refractivity (Wildman–Crippen MR) is 120 cm³/mol. The average molecular weight is 546 g/mol. The summed E-state index contributed by atoms with van der Waals surface area (Å²) >= 11 is 0. The number of carbonyl (C=O) groups is 1. The molecule has 2 heterocycles. The number of alkyl halides is 9. The van der Waals surface area contributed by atoms with E-state index in [9.17, 15) is 44.3 Å². The number of hydrogen-bond acceptors (Lipinski definition) is 4. The Morgan fingerprint density at radius 3 is 2.24 bits per heavy atom. The van der Waals surface area contributed by atoms with Crippen LogP contribution in [0.25, 0.3) is 32.6 Å². The molecule has 0 saturated carbocycles. The first-order valence-corrected chi connectivity index (χ1v) is 10.9. The van der Waals surface area contributed by atoms with Crippen molar-refractivity contribution >= 4 is 44.0 Å². The fourth-order valence-corrected chi connectivity index (χ4v) is 4.90. The van der Waals surface area contributed by atoms with Gasteiger partial charge in [-0.15, -0.1) is 0 Å². The van der Waals surface area contributed by atoms with E-state index in [1.807, 2.05) is 0 Å². The highest BCUT2D eigenvalue weighted by Gasteiger charge is 2.47. The smallest absolute Gasteiger partial charge is 0.351 e. The van der Waals surface area contributed by atoms with Gasteiger partial charge in [0, 0.05) is 39.7 Å². The Morgan fingerprint density at radius 1 is 0.947 bits per heavy atom. The molecule has 1 unspecified atom stereocenters. The van der Waals surface area contributed by atoms with Crippen LogP contribution in [0.4, 0.5) is 45.2 Å². The monoisotopic (exact) mass is 546 g/mol. The molecule has 0 fully saturated rings. The van der Waals surface area contributed by atoms with Crippen molar-refractivity contribution in [3.05, 3.63) is 58.7 Å². The Bertz CT molecular complexity index is 1640. The number of aryl methyl sites for hydroxylation is 1. The van der Waals surface area contributed by atoms with E-state index in [2.05, 4.69) is 4.98 Å². The highest BCUT2D eigenvalue weighted by atomic mass is 19.4. The van der Waals surface area contributed by atoms with Gasteiger partial charge in [-0.05, 0) is 25.1 Å². The molecular weight excluding hydrogens is 531 g/mol. The maximum absolute atomic E-state index is 14.4. The molecule has 4 nitrogen and oxygen atoms in total. The largest absolute Gasteiger partial charge is 0.454 e. The molecule has 13 heteroatoms.